The Morgan fingerprint density at radius 1 is 1.46 bits per heavy atom. The van der Waals surface area contributed by atoms with E-state index in [0.717, 1.165) is 22.6 Å². The average Bonchev–Trinajstić information content (AvgIpc) is 2.11. The van der Waals surface area contributed by atoms with Crippen LogP contribution in [0.25, 0.3) is 0 Å². The zero-order valence-corrected chi connectivity index (χ0v) is 8.80. The summed E-state index contributed by atoms with van der Waals surface area (Å²) in [5, 5.41) is 10.2. The number of aliphatic hydroxyl groups excluding tert-OH is 1. The van der Waals surface area contributed by atoms with Crippen LogP contribution in [0.5, 0.6) is 0 Å². The van der Waals surface area contributed by atoms with Crippen LogP contribution in [-0.4, -0.2) is 11.2 Å². The van der Waals surface area contributed by atoms with Crippen LogP contribution in [0.15, 0.2) is 18.2 Å². The first-order valence-corrected chi connectivity index (χ1v) is 4.94. The molecule has 72 valence electrons. The molecule has 0 spiro atoms. The Morgan fingerprint density at radius 3 is 2.69 bits per heavy atom. The minimum Gasteiger partial charge on any atom is -0.393 e. The van der Waals surface area contributed by atoms with Crippen LogP contribution in [0, 0.1) is 6.92 Å². The Kier molecular flexibility index (Phi) is 3.76. The van der Waals surface area contributed by atoms with E-state index in [1.807, 2.05) is 32.0 Å². The standard InChI is InChI=1S/C11H15ClO/c1-3-10(13)7-9-4-5-11(12)8(2)6-9/h4-6,10,13H,3,7H2,1-2H3/t10-/m1/s1. The second-order valence-electron chi connectivity index (χ2n) is 3.35. The molecule has 0 bridgehead atoms. The highest BCUT2D eigenvalue weighted by atomic mass is 35.5. The van der Waals surface area contributed by atoms with Gasteiger partial charge in [-0.05, 0) is 37.0 Å². The van der Waals surface area contributed by atoms with Crippen LogP contribution in [0.4, 0.5) is 0 Å². The molecule has 0 amide bonds. The van der Waals surface area contributed by atoms with Crippen molar-refractivity contribution in [2.75, 3.05) is 0 Å². The molecule has 0 aliphatic rings. The summed E-state index contributed by atoms with van der Waals surface area (Å²) in [5.41, 5.74) is 2.22. The van der Waals surface area contributed by atoms with Gasteiger partial charge in [-0.25, -0.2) is 0 Å². The van der Waals surface area contributed by atoms with Crippen molar-refractivity contribution < 1.29 is 5.11 Å². The third kappa shape index (κ3) is 3.02. The van der Waals surface area contributed by atoms with Gasteiger partial charge in [0.15, 0.2) is 0 Å². The fourth-order valence-corrected chi connectivity index (χ4v) is 1.37. The van der Waals surface area contributed by atoms with Crippen molar-refractivity contribution in [2.24, 2.45) is 0 Å². The fourth-order valence-electron chi connectivity index (χ4n) is 1.25. The van der Waals surface area contributed by atoms with Crippen LogP contribution in [-0.2, 0) is 6.42 Å². The molecule has 1 aromatic rings. The maximum absolute atomic E-state index is 9.44. The molecule has 1 N–H and O–H groups in total. The highest BCUT2D eigenvalue weighted by molar-refractivity contribution is 6.31. The van der Waals surface area contributed by atoms with Crippen LogP contribution < -0.4 is 0 Å². The first kappa shape index (κ1) is 10.6. The summed E-state index contributed by atoms with van der Waals surface area (Å²) < 4.78 is 0. The molecule has 0 aromatic heterocycles. The molecule has 0 saturated heterocycles. The van der Waals surface area contributed by atoms with E-state index in [4.69, 9.17) is 11.6 Å². The van der Waals surface area contributed by atoms with Gasteiger partial charge in [0.2, 0.25) is 0 Å². The number of benzene rings is 1. The van der Waals surface area contributed by atoms with Crippen LogP contribution >= 0.6 is 11.6 Å². The average molecular weight is 199 g/mol. The van der Waals surface area contributed by atoms with E-state index in [9.17, 15) is 5.11 Å². The quantitative estimate of drug-likeness (QED) is 0.792. The molecule has 0 fully saturated rings. The van der Waals surface area contributed by atoms with E-state index in [2.05, 4.69) is 0 Å². The van der Waals surface area contributed by atoms with Gasteiger partial charge in [0.25, 0.3) is 0 Å². The molecule has 0 aliphatic carbocycles. The van der Waals surface area contributed by atoms with Crippen LogP contribution in [0.2, 0.25) is 5.02 Å². The smallest absolute Gasteiger partial charge is 0.0577 e. The lowest BCUT2D eigenvalue weighted by atomic mass is 10.0. The van der Waals surface area contributed by atoms with Gasteiger partial charge < -0.3 is 5.11 Å². The summed E-state index contributed by atoms with van der Waals surface area (Å²) in [6.07, 6.45) is 1.27. The second-order valence-corrected chi connectivity index (χ2v) is 3.76. The first-order chi connectivity index (χ1) is 6.13. The Hall–Kier alpha value is -0.530. The van der Waals surface area contributed by atoms with Crippen LogP contribution in [0.1, 0.15) is 24.5 Å². The SMILES string of the molecule is CC[C@@H](O)Cc1ccc(Cl)c(C)c1. The minimum absolute atomic E-state index is 0.236. The maximum Gasteiger partial charge on any atom is 0.0577 e. The summed E-state index contributed by atoms with van der Waals surface area (Å²) in [6.45, 7) is 3.96. The number of aliphatic hydroxyl groups is 1. The molecule has 0 saturated carbocycles. The zero-order valence-electron chi connectivity index (χ0n) is 8.05. The molecule has 1 aromatic carbocycles. The molecule has 1 rings (SSSR count). The van der Waals surface area contributed by atoms with E-state index in [1.54, 1.807) is 0 Å². The number of hydrogen-bond donors (Lipinski definition) is 1. The normalized spacial score (nSPS) is 12.9. The highest BCUT2D eigenvalue weighted by Crippen LogP contribution is 2.17. The zero-order chi connectivity index (χ0) is 9.84. The van der Waals surface area contributed by atoms with E-state index in [-0.39, 0.29) is 6.10 Å². The van der Waals surface area contributed by atoms with E-state index < -0.39 is 0 Å². The van der Waals surface area contributed by atoms with E-state index >= 15 is 0 Å². The van der Waals surface area contributed by atoms with Crippen molar-refractivity contribution in [2.45, 2.75) is 32.8 Å². The highest BCUT2D eigenvalue weighted by Gasteiger charge is 2.03. The lowest BCUT2D eigenvalue weighted by Gasteiger charge is -2.08. The number of aryl methyl sites for hydroxylation is 1. The lowest BCUT2D eigenvalue weighted by Crippen LogP contribution is -2.08. The van der Waals surface area contributed by atoms with Gasteiger partial charge in [0.05, 0.1) is 6.10 Å². The molecule has 0 aliphatic heterocycles. The molecule has 0 heterocycles. The third-order valence-corrected chi connectivity index (χ3v) is 2.59. The van der Waals surface area contributed by atoms with Crippen molar-refractivity contribution in [3.8, 4) is 0 Å². The van der Waals surface area contributed by atoms with Crippen molar-refractivity contribution in [1.82, 2.24) is 0 Å². The molecule has 1 atom stereocenters. The maximum atomic E-state index is 9.44. The Balaban J connectivity index is 2.73. The lowest BCUT2D eigenvalue weighted by molar-refractivity contribution is 0.171. The molecular weight excluding hydrogens is 184 g/mol. The Labute approximate surface area is 84.4 Å². The van der Waals surface area contributed by atoms with Crippen molar-refractivity contribution in [3.63, 3.8) is 0 Å². The summed E-state index contributed by atoms with van der Waals surface area (Å²) in [7, 11) is 0. The summed E-state index contributed by atoms with van der Waals surface area (Å²) >= 11 is 5.89. The summed E-state index contributed by atoms with van der Waals surface area (Å²) in [6, 6.07) is 5.88. The first-order valence-electron chi connectivity index (χ1n) is 4.56. The molecule has 1 nitrogen and oxygen atoms in total. The molecule has 0 unspecified atom stereocenters. The van der Waals surface area contributed by atoms with Crippen molar-refractivity contribution in [3.05, 3.63) is 34.3 Å². The van der Waals surface area contributed by atoms with Gasteiger partial charge in [0, 0.05) is 5.02 Å². The number of rotatable bonds is 3. The van der Waals surface area contributed by atoms with E-state index in [1.165, 1.54) is 0 Å². The van der Waals surface area contributed by atoms with Gasteiger partial charge in [-0.15, -0.1) is 0 Å². The third-order valence-electron chi connectivity index (χ3n) is 2.16. The van der Waals surface area contributed by atoms with Gasteiger partial charge in [-0.3, -0.25) is 0 Å². The predicted molar refractivity (Wildman–Crippen MR) is 56.2 cm³/mol. The van der Waals surface area contributed by atoms with Gasteiger partial charge >= 0.3 is 0 Å². The topological polar surface area (TPSA) is 20.2 Å². The Bertz CT molecular complexity index is 283. The summed E-state index contributed by atoms with van der Waals surface area (Å²) in [5.74, 6) is 0. The van der Waals surface area contributed by atoms with Crippen molar-refractivity contribution in [1.29, 1.82) is 0 Å². The van der Waals surface area contributed by atoms with Gasteiger partial charge in [-0.2, -0.15) is 0 Å². The van der Waals surface area contributed by atoms with E-state index in [0.29, 0.717) is 6.42 Å². The fraction of sp³-hybridized carbons (Fsp3) is 0.455. The monoisotopic (exact) mass is 198 g/mol. The number of halogens is 1. The van der Waals surface area contributed by atoms with Crippen molar-refractivity contribution >= 4 is 11.6 Å². The van der Waals surface area contributed by atoms with Gasteiger partial charge in [0.1, 0.15) is 0 Å². The molecule has 13 heavy (non-hydrogen) atoms. The predicted octanol–water partition coefficient (Wildman–Crippen LogP) is 2.96. The van der Waals surface area contributed by atoms with Crippen LogP contribution in [0.3, 0.4) is 0 Å². The summed E-state index contributed by atoms with van der Waals surface area (Å²) in [4.78, 5) is 0. The second kappa shape index (κ2) is 4.64. The minimum atomic E-state index is -0.236. The Morgan fingerprint density at radius 2 is 2.15 bits per heavy atom. The molecular formula is C11H15ClO. The molecule has 2 heteroatoms. The number of hydrogen-bond acceptors (Lipinski definition) is 1. The largest absolute Gasteiger partial charge is 0.393 e. The van der Waals surface area contributed by atoms with Gasteiger partial charge in [-0.1, -0.05) is 30.7 Å². The molecule has 0 radical (unpaired) electrons.